The first-order valence-electron chi connectivity index (χ1n) is 24.8. The summed E-state index contributed by atoms with van der Waals surface area (Å²) in [5.41, 5.74) is 3.49. The molecular formula is C60H58N8O8. The molecule has 0 radical (unpaired) electrons. The summed E-state index contributed by atoms with van der Waals surface area (Å²) in [6.45, 7) is 23.5. The van der Waals surface area contributed by atoms with Crippen molar-refractivity contribution >= 4 is 69.1 Å². The molecule has 9 rings (SSSR count). The van der Waals surface area contributed by atoms with E-state index in [0.717, 1.165) is 22.3 Å². The average molecular weight is 1020 g/mol. The lowest BCUT2D eigenvalue weighted by atomic mass is 9.84. The smallest absolute Gasteiger partial charge is 0.284 e. The molecule has 0 saturated heterocycles. The van der Waals surface area contributed by atoms with Crippen LogP contribution in [0.25, 0.3) is 90.9 Å². The molecule has 2 N–H and O–H groups in total. The number of nitrogens with zero attached hydrogens (tertiary/aromatic N) is 6. The molecule has 16 nitrogen and oxygen atoms in total. The number of nitrogens with one attached hydrogen (secondary N) is 2. The van der Waals surface area contributed by atoms with Crippen molar-refractivity contribution in [3.05, 3.63) is 183 Å². The van der Waals surface area contributed by atoms with E-state index in [-0.39, 0.29) is 55.5 Å². The summed E-state index contributed by atoms with van der Waals surface area (Å²) in [5, 5.41) is 53.5. The summed E-state index contributed by atoms with van der Waals surface area (Å²) >= 11 is 0. The number of nitro groups is 4. The molecule has 0 fully saturated rings. The molecule has 0 amide bonds. The first kappa shape index (κ1) is 52.0. The van der Waals surface area contributed by atoms with E-state index < -0.39 is 53.3 Å². The molecule has 8 bridgehead atoms. The largest absolute Gasteiger partial charge is 0.354 e. The molecule has 0 aliphatic carbocycles. The van der Waals surface area contributed by atoms with Crippen molar-refractivity contribution < 1.29 is 19.7 Å². The molecule has 16 heteroatoms. The molecule has 0 saturated carbocycles. The van der Waals surface area contributed by atoms with Crippen molar-refractivity contribution in [1.29, 1.82) is 0 Å². The van der Waals surface area contributed by atoms with Crippen LogP contribution >= 0.6 is 0 Å². The van der Waals surface area contributed by atoms with E-state index in [2.05, 4.69) is 75.8 Å². The van der Waals surface area contributed by atoms with Crippen LogP contribution in [0.4, 0.5) is 22.7 Å². The predicted octanol–water partition coefficient (Wildman–Crippen LogP) is 16.1. The summed E-state index contributed by atoms with van der Waals surface area (Å²) in [6, 6.07) is 28.5. The summed E-state index contributed by atoms with van der Waals surface area (Å²) in [4.78, 5) is 68.2. The van der Waals surface area contributed by atoms with E-state index in [1.807, 2.05) is 36.4 Å². The highest BCUT2D eigenvalue weighted by molar-refractivity contribution is 6.04. The van der Waals surface area contributed by atoms with E-state index in [1.54, 1.807) is 65.8 Å². The van der Waals surface area contributed by atoms with Gasteiger partial charge in [-0.05, 0) is 104 Å². The van der Waals surface area contributed by atoms with Gasteiger partial charge in [-0.1, -0.05) is 132 Å². The number of hydrogen-bond donors (Lipinski definition) is 2. The molecular weight excluding hydrogens is 961 g/mol. The number of benzene rings is 4. The Bertz CT molecular complexity index is 3540. The fourth-order valence-corrected chi connectivity index (χ4v) is 9.79. The fraction of sp³-hybridized carbons (Fsp3) is 0.267. The van der Waals surface area contributed by atoms with E-state index in [1.165, 1.54) is 36.4 Å². The van der Waals surface area contributed by atoms with Gasteiger partial charge in [-0.25, -0.2) is 9.97 Å². The monoisotopic (exact) mass is 1020 g/mol. The molecule has 2 aliphatic heterocycles. The van der Waals surface area contributed by atoms with Crippen molar-refractivity contribution in [3.63, 3.8) is 0 Å². The number of nitro benzene ring substituents is 4. The first-order chi connectivity index (χ1) is 35.5. The van der Waals surface area contributed by atoms with Gasteiger partial charge in [-0.15, -0.1) is 0 Å². The van der Waals surface area contributed by atoms with Gasteiger partial charge in [0.15, 0.2) is 0 Å². The van der Waals surface area contributed by atoms with Crippen molar-refractivity contribution in [1.82, 2.24) is 19.9 Å². The molecule has 3 aromatic heterocycles. The summed E-state index contributed by atoms with van der Waals surface area (Å²) in [5.74, 6) is 0. The van der Waals surface area contributed by atoms with Gasteiger partial charge in [0, 0.05) is 68.6 Å². The SMILES string of the molecule is CC(C)(C)c1ccc(-c2c3nc(c(-c4ccc(C(C)(C)C)cc4)c4ccc([nH]4)c(-c4c([N+](=O)[O-])cc(C(C)(C)C)cc4[N+](=O)[O-])c4nc(c(-c5c([N+](=O)[O-])cc(C(C)(C)C)cc5[N+](=O)[O-])c5ccc2[nH]5)C=C4)C=C3)cc1. The number of hydrogen-bond acceptors (Lipinski definition) is 10. The Balaban J connectivity index is 1.55. The van der Waals surface area contributed by atoms with Crippen molar-refractivity contribution in [2.75, 3.05) is 0 Å². The Morgan fingerprint density at radius 2 is 0.566 bits per heavy atom. The Kier molecular flexibility index (Phi) is 12.6. The van der Waals surface area contributed by atoms with Crippen LogP contribution < -0.4 is 0 Å². The number of fused-ring (bicyclic) bond motifs is 8. The van der Waals surface area contributed by atoms with Crippen molar-refractivity contribution in [3.8, 4) is 44.5 Å². The highest BCUT2D eigenvalue weighted by Gasteiger charge is 2.36. The average Bonchev–Trinajstić information content (AvgIpc) is 4.19. The van der Waals surface area contributed by atoms with Gasteiger partial charge in [0.2, 0.25) is 0 Å². The number of rotatable bonds is 8. The maximum absolute atomic E-state index is 13.4. The third-order valence-corrected chi connectivity index (χ3v) is 14.0. The molecule has 0 atom stereocenters. The van der Waals surface area contributed by atoms with Crippen molar-refractivity contribution in [2.24, 2.45) is 0 Å². The number of H-pyrrole nitrogens is 2. The minimum atomic E-state index is -0.750. The maximum Gasteiger partial charge on any atom is 0.284 e. The van der Waals surface area contributed by atoms with Gasteiger partial charge < -0.3 is 9.97 Å². The molecule has 4 aromatic carbocycles. The lowest BCUT2D eigenvalue weighted by Gasteiger charge is -2.19. The van der Waals surface area contributed by atoms with Crippen LogP contribution in [0.15, 0.2) is 97.1 Å². The van der Waals surface area contributed by atoms with Gasteiger partial charge in [-0.3, -0.25) is 40.5 Å². The lowest BCUT2D eigenvalue weighted by Crippen LogP contribution is -2.13. The van der Waals surface area contributed by atoms with E-state index in [0.29, 0.717) is 44.7 Å². The quantitative estimate of drug-likeness (QED) is 0.108. The molecule has 7 aromatic rings. The zero-order valence-electron chi connectivity index (χ0n) is 44.5. The minimum absolute atomic E-state index is 0.00194. The van der Waals surface area contributed by atoms with Crippen LogP contribution in [0.3, 0.4) is 0 Å². The Hall–Kier alpha value is -8.92. The summed E-state index contributed by atoms with van der Waals surface area (Å²) in [7, 11) is 0. The second-order valence-corrected chi connectivity index (χ2v) is 23.5. The van der Waals surface area contributed by atoms with Crippen LogP contribution in [-0.2, 0) is 21.7 Å². The van der Waals surface area contributed by atoms with E-state index in [9.17, 15) is 40.5 Å². The molecule has 0 spiro atoms. The Morgan fingerprint density at radius 1 is 0.329 bits per heavy atom. The topological polar surface area (TPSA) is 230 Å². The second-order valence-electron chi connectivity index (χ2n) is 23.5. The standard InChI is InChI=1S/C60H58N8O8/c1-57(2,3)35-17-13-33(14-18-35)51-39-21-22-40(61-39)52(34-15-19-36(20-16-34)58(4,5)6)42-24-26-44(63-42)54(56-49(67(73)74)31-38(60(10,11)12)32-50(56)68(75)76)46-28-27-45(64-46)53(43-25-23-41(51)62-43)55-47(65(69)70)29-37(59(7,8)9)30-48(55)66(71)72/h13-32,62-63H,1-12H3. The van der Waals surface area contributed by atoms with Crippen LogP contribution in [0.2, 0.25) is 0 Å². The van der Waals surface area contributed by atoms with Gasteiger partial charge in [0.25, 0.3) is 22.7 Å². The van der Waals surface area contributed by atoms with Gasteiger partial charge in [0.05, 0.1) is 42.5 Å². The zero-order valence-corrected chi connectivity index (χ0v) is 44.5. The predicted molar refractivity (Wildman–Crippen MR) is 302 cm³/mol. The number of aromatic amines is 2. The van der Waals surface area contributed by atoms with Crippen LogP contribution in [0, 0.1) is 40.5 Å². The minimum Gasteiger partial charge on any atom is -0.354 e. The third-order valence-electron chi connectivity index (χ3n) is 14.0. The third kappa shape index (κ3) is 9.57. The molecule has 76 heavy (non-hydrogen) atoms. The van der Waals surface area contributed by atoms with Gasteiger partial charge in [-0.2, -0.15) is 0 Å². The first-order valence-corrected chi connectivity index (χ1v) is 24.8. The van der Waals surface area contributed by atoms with Crippen LogP contribution in [-0.4, -0.2) is 39.6 Å². The zero-order chi connectivity index (χ0) is 55.1. The van der Waals surface area contributed by atoms with Crippen molar-refractivity contribution in [2.45, 2.75) is 105 Å². The number of aromatic nitrogens is 4. The van der Waals surface area contributed by atoms with Gasteiger partial charge >= 0.3 is 0 Å². The van der Waals surface area contributed by atoms with Gasteiger partial charge in [0.1, 0.15) is 11.1 Å². The normalized spacial score (nSPS) is 12.8. The Morgan fingerprint density at radius 3 is 0.803 bits per heavy atom. The van der Waals surface area contributed by atoms with E-state index >= 15 is 0 Å². The highest BCUT2D eigenvalue weighted by Crippen LogP contribution is 2.49. The molecule has 2 aliphatic rings. The fourth-order valence-electron chi connectivity index (χ4n) is 9.79. The van der Waals surface area contributed by atoms with E-state index in [4.69, 9.17) is 9.97 Å². The lowest BCUT2D eigenvalue weighted by molar-refractivity contribution is -0.393. The summed E-state index contributed by atoms with van der Waals surface area (Å²) in [6.07, 6.45) is 6.81. The molecule has 0 unspecified atom stereocenters. The highest BCUT2D eigenvalue weighted by atomic mass is 16.6. The molecule has 386 valence electrons. The maximum atomic E-state index is 13.4. The Labute approximate surface area is 438 Å². The summed E-state index contributed by atoms with van der Waals surface area (Å²) < 4.78 is 0. The van der Waals surface area contributed by atoms with Crippen LogP contribution in [0.1, 0.15) is 128 Å². The second kappa shape index (κ2) is 18.5. The van der Waals surface area contributed by atoms with Crippen LogP contribution in [0.5, 0.6) is 0 Å². The molecule has 5 heterocycles.